The van der Waals surface area contributed by atoms with Crippen LogP contribution < -0.4 is 5.32 Å². The number of aryl methyl sites for hydroxylation is 1. The van der Waals surface area contributed by atoms with Crippen molar-refractivity contribution in [3.8, 4) is 5.69 Å². The van der Waals surface area contributed by atoms with Crippen LogP contribution in [0.25, 0.3) is 16.7 Å². The Labute approximate surface area is 177 Å². The van der Waals surface area contributed by atoms with E-state index in [9.17, 15) is 9.59 Å². The van der Waals surface area contributed by atoms with Crippen LogP contribution in [0, 0.1) is 6.92 Å². The molecule has 0 bridgehead atoms. The lowest BCUT2D eigenvalue weighted by Crippen LogP contribution is -2.14. The molecule has 4 rings (SSSR count). The minimum Gasteiger partial charge on any atom is -0.325 e. The molecule has 0 aliphatic carbocycles. The molecule has 7 nitrogen and oxygen atoms in total. The number of benzene rings is 2. The van der Waals surface area contributed by atoms with Gasteiger partial charge in [0.05, 0.1) is 23.0 Å². The zero-order chi connectivity index (χ0) is 21.1. The van der Waals surface area contributed by atoms with Crippen molar-refractivity contribution in [3.63, 3.8) is 0 Å². The number of carbonyl (C=O) groups excluding carboxylic acids is 2. The SMILES string of the molecule is CC(=O)c1ccc(NC(=O)CSc2ncnc3c2cnn3-c2ccc(C)cc2)cc1. The van der Waals surface area contributed by atoms with Gasteiger partial charge in [-0.15, -0.1) is 0 Å². The molecular weight excluding hydrogens is 398 g/mol. The van der Waals surface area contributed by atoms with Gasteiger partial charge in [-0.1, -0.05) is 29.5 Å². The summed E-state index contributed by atoms with van der Waals surface area (Å²) in [5, 5.41) is 8.76. The summed E-state index contributed by atoms with van der Waals surface area (Å²) in [4.78, 5) is 32.4. The van der Waals surface area contributed by atoms with Crippen LogP contribution in [-0.4, -0.2) is 37.2 Å². The Balaban J connectivity index is 1.47. The van der Waals surface area contributed by atoms with Crippen LogP contribution >= 0.6 is 11.8 Å². The van der Waals surface area contributed by atoms with Crippen molar-refractivity contribution in [2.24, 2.45) is 0 Å². The highest BCUT2D eigenvalue weighted by molar-refractivity contribution is 8.00. The molecule has 0 radical (unpaired) electrons. The second-order valence-electron chi connectivity index (χ2n) is 6.78. The maximum atomic E-state index is 12.3. The number of hydrogen-bond acceptors (Lipinski definition) is 6. The van der Waals surface area contributed by atoms with Crippen LogP contribution in [0.4, 0.5) is 5.69 Å². The van der Waals surface area contributed by atoms with Crippen LogP contribution in [0.1, 0.15) is 22.8 Å². The van der Waals surface area contributed by atoms with Gasteiger partial charge in [-0.05, 0) is 50.2 Å². The Morgan fingerprint density at radius 1 is 1.03 bits per heavy atom. The van der Waals surface area contributed by atoms with Crippen molar-refractivity contribution in [1.82, 2.24) is 19.7 Å². The normalized spacial score (nSPS) is 10.9. The molecule has 0 aliphatic rings. The Morgan fingerprint density at radius 3 is 2.47 bits per heavy atom. The lowest BCUT2D eigenvalue weighted by molar-refractivity contribution is -0.113. The monoisotopic (exact) mass is 417 g/mol. The third kappa shape index (κ3) is 4.23. The van der Waals surface area contributed by atoms with Gasteiger partial charge < -0.3 is 5.32 Å². The summed E-state index contributed by atoms with van der Waals surface area (Å²) in [6, 6.07) is 14.8. The van der Waals surface area contributed by atoms with Gasteiger partial charge in [0.25, 0.3) is 0 Å². The number of hydrogen-bond donors (Lipinski definition) is 1. The van der Waals surface area contributed by atoms with E-state index in [1.165, 1.54) is 30.6 Å². The summed E-state index contributed by atoms with van der Waals surface area (Å²) < 4.78 is 1.76. The zero-order valence-electron chi connectivity index (χ0n) is 16.5. The average Bonchev–Trinajstić information content (AvgIpc) is 3.18. The highest BCUT2D eigenvalue weighted by atomic mass is 32.2. The average molecular weight is 417 g/mol. The molecule has 0 aliphatic heterocycles. The minimum absolute atomic E-state index is 0.0117. The minimum atomic E-state index is -0.159. The summed E-state index contributed by atoms with van der Waals surface area (Å²) >= 11 is 1.33. The molecule has 2 aromatic heterocycles. The van der Waals surface area contributed by atoms with Crippen molar-refractivity contribution in [2.75, 3.05) is 11.1 Å². The van der Waals surface area contributed by atoms with Gasteiger partial charge in [0, 0.05) is 11.3 Å². The number of thioether (sulfide) groups is 1. The van der Waals surface area contributed by atoms with Crippen molar-refractivity contribution >= 4 is 40.2 Å². The Bertz CT molecular complexity index is 1220. The number of carbonyl (C=O) groups is 2. The van der Waals surface area contributed by atoms with Crippen LogP contribution in [0.5, 0.6) is 0 Å². The third-order valence-corrected chi connectivity index (χ3v) is 5.53. The molecule has 0 spiro atoms. The lowest BCUT2D eigenvalue weighted by atomic mass is 10.1. The molecule has 0 saturated carbocycles. The number of Topliss-reactive ketones (excluding diaryl/α,β-unsaturated/α-hetero) is 1. The predicted molar refractivity (Wildman–Crippen MR) is 117 cm³/mol. The van der Waals surface area contributed by atoms with Crippen molar-refractivity contribution < 1.29 is 9.59 Å². The third-order valence-electron chi connectivity index (χ3n) is 4.52. The molecule has 8 heteroatoms. The standard InChI is InChI=1S/C22H19N5O2S/c1-14-3-9-18(10-4-14)27-21-19(11-25-27)22(24-13-23-21)30-12-20(29)26-17-7-5-16(6-8-17)15(2)28/h3-11,13H,12H2,1-2H3,(H,26,29). The van der Waals surface area contributed by atoms with E-state index in [1.54, 1.807) is 35.1 Å². The zero-order valence-corrected chi connectivity index (χ0v) is 17.3. The molecule has 2 aromatic carbocycles. The van der Waals surface area contributed by atoms with Gasteiger partial charge in [0.15, 0.2) is 11.4 Å². The van der Waals surface area contributed by atoms with E-state index in [0.29, 0.717) is 21.9 Å². The van der Waals surface area contributed by atoms with Crippen molar-refractivity contribution in [1.29, 1.82) is 0 Å². The van der Waals surface area contributed by atoms with Crippen molar-refractivity contribution in [2.45, 2.75) is 18.9 Å². The first-order valence-corrected chi connectivity index (χ1v) is 10.3. The molecule has 1 N–H and O–H groups in total. The Kier molecular flexibility index (Phi) is 5.58. The number of nitrogens with one attached hydrogen (secondary N) is 1. The lowest BCUT2D eigenvalue weighted by Gasteiger charge is -2.06. The van der Waals surface area contributed by atoms with Crippen LogP contribution in [0.2, 0.25) is 0 Å². The van der Waals surface area contributed by atoms with E-state index in [4.69, 9.17) is 0 Å². The summed E-state index contributed by atoms with van der Waals surface area (Å²) in [6.07, 6.45) is 3.20. The second kappa shape index (κ2) is 8.46. The van der Waals surface area contributed by atoms with Gasteiger partial charge in [0.2, 0.25) is 5.91 Å². The fourth-order valence-corrected chi connectivity index (χ4v) is 3.69. The smallest absolute Gasteiger partial charge is 0.234 e. The molecule has 2 heterocycles. The largest absolute Gasteiger partial charge is 0.325 e. The molecular formula is C22H19N5O2S. The van der Waals surface area contributed by atoms with Crippen molar-refractivity contribution in [3.05, 3.63) is 72.2 Å². The van der Waals surface area contributed by atoms with E-state index in [2.05, 4.69) is 20.4 Å². The van der Waals surface area contributed by atoms with E-state index in [1.807, 2.05) is 31.2 Å². The van der Waals surface area contributed by atoms with E-state index >= 15 is 0 Å². The molecule has 150 valence electrons. The molecule has 30 heavy (non-hydrogen) atoms. The number of nitrogens with zero attached hydrogens (tertiary/aromatic N) is 4. The maximum absolute atomic E-state index is 12.3. The predicted octanol–water partition coefficient (Wildman–Crippen LogP) is 4.06. The first-order valence-electron chi connectivity index (χ1n) is 9.31. The van der Waals surface area contributed by atoms with Crippen LogP contribution in [-0.2, 0) is 4.79 Å². The first kappa shape index (κ1) is 19.8. The van der Waals surface area contributed by atoms with Crippen LogP contribution in [0.3, 0.4) is 0 Å². The van der Waals surface area contributed by atoms with Gasteiger partial charge in [-0.3, -0.25) is 9.59 Å². The fourth-order valence-electron chi connectivity index (χ4n) is 2.93. The number of rotatable bonds is 6. The molecule has 0 unspecified atom stereocenters. The molecule has 1 amide bonds. The summed E-state index contributed by atoms with van der Waals surface area (Å²) in [7, 11) is 0. The van der Waals surface area contributed by atoms with E-state index in [0.717, 1.165) is 11.1 Å². The van der Waals surface area contributed by atoms with Gasteiger partial charge in [-0.2, -0.15) is 5.10 Å². The highest BCUT2D eigenvalue weighted by Crippen LogP contribution is 2.26. The maximum Gasteiger partial charge on any atom is 0.234 e. The number of fused-ring (bicyclic) bond motifs is 1. The quantitative estimate of drug-likeness (QED) is 0.289. The summed E-state index contributed by atoms with van der Waals surface area (Å²) in [5.41, 5.74) is 4.03. The molecule has 4 aromatic rings. The topological polar surface area (TPSA) is 89.8 Å². The number of ketones is 1. The summed E-state index contributed by atoms with van der Waals surface area (Å²) in [6.45, 7) is 3.54. The molecule has 0 saturated heterocycles. The van der Waals surface area contributed by atoms with E-state index in [-0.39, 0.29) is 17.4 Å². The summed E-state index contributed by atoms with van der Waals surface area (Å²) in [5.74, 6) is 0.0201. The Morgan fingerprint density at radius 2 is 1.77 bits per heavy atom. The van der Waals surface area contributed by atoms with E-state index < -0.39 is 0 Å². The number of amides is 1. The van der Waals surface area contributed by atoms with Gasteiger partial charge in [-0.25, -0.2) is 14.6 Å². The molecule has 0 fully saturated rings. The van der Waals surface area contributed by atoms with Crippen LogP contribution in [0.15, 0.2) is 66.1 Å². The first-order chi connectivity index (χ1) is 14.5. The number of aromatic nitrogens is 4. The van der Waals surface area contributed by atoms with Gasteiger partial charge >= 0.3 is 0 Å². The fraction of sp³-hybridized carbons (Fsp3) is 0.136. The number of anilines is 1. The molecule has 0 atom stereocenters. The van der Waals surface area contributed by atoms with Gasteiger partial charge in [0.1, 0.15) is 11.4 Å². The second-order valence-corrected chi connectivity index (χ2v) is 7.74. The Hall–Kier alpha value is -3.52. The highest BCUT2D eigenvalue weighted by Gasteiger charge is 2.13.